The minimum atomic E-state index is -0.0552. The van der Waals surface area contributed by atoms with Gasteiger partial charge in [-0.25, -0.2) is 0 Å². The number of aromatic nitrogens is 1. The maximum absolute atomic E-state index is 2.72. The third-order valence-electron chi connectivity index (χ3n) is 17.9. The first-order valence-corrected chi connectivity index (χ1v) is 28.6. The van der Waals surface area contributed by atoms with Gasteiger partial charge in [-0.05, 0) is 170 Å². The molecule has 3 heterocycles. The number of hydrogen-bond donors (Lipinski definition) is 0. The van der Waals surface area contributed by atoms with E-state index in [9.17, 15) is 0 Å². The monoisotopic (exact) mass is 974 g/mol. The van der Waals surface area contributed by atoms with Crippen LogP contribution < -0.4 is 26.2 Å². The highest BCUT2D eigenvalue weighted by Crippen LogP contribution is 2.50. The van der Waals surface area contributed by atoms with Crippen molar-refractivity contribution in [3.05, 3.63) is 167 Å². The zero-order chi connectivity index (χ0) is 51.6. The van der Waals surface area contributed by atoms with Crippen LogP contribution in [-0.2, 0) is 21.7 Å². The Morgan fingerprint density at radius 1 is 0.365 bits per heavy atom. The molecule has 0 bridgehead atoms. The van der Waals surface area contributed by atoms with E-state index < -0.39 is 0 Å². The summed E-state index contributed by atoms with van der Waals surface area (Å²) in [6.45, 7) is 28.7. The third-order valence-corrected chi connectivity index (χ3v) is 17.9. The molecule has 12 rings (SSSR count). The molecule has 8 aromatic rings. The lowest BCUT2D eigenvalue weighted by molar-refractivity contribution is 0.444. The van der Waals surface area contributed by atoms with Crippen LogP contribution in [0.5, 0.6) is 0 Å². The molecule has 74 heavy (non-hydrogen) atoms. The second-order valence-electron chi connectivity index (χ2n) is 27.2. The van der Waals surface area contributed by atoms with Crippen LogP contribution in [0.2, 0.25) is 0 Å². The Hall–Kier alpha value is -6.00. The van der Waals surface area contributed by atoms with E-state index in [1.807, 2.05) is 0 Å². The van der Waals surface area contributed by atoms with Gasteiger partial charge in [0.15, 0.2) is 0 Å². The molecule has 0 saturated heterocycles. The molecule has 1 aromatic heterocycles. The molecule has 0 amide bonds. The number of anilines is 6. The van der Waals surface area contributed by atoms with Crippen molar-refractivity contribution >= 4 is 79.0 Å². The Kier molecular flexibility index (Phi) is 11.8. The predicted octanol–water partition coefficient (Wildman–Crippen LogP) is 18.2. The molecule has 0 radical (unpaired) electrons. The van der Waals surface area contributed by atoms with Crippen LogP contribution in [0, 0.1) is 0 Å². The van der Waals surface area contributed by atoms with Crippen molar-refractivity contribution in [3.63, 3.8) is 0 Å². The number of para-hydroxylation sites is 2. The van der Waals surface area contributed by atoms with Crippen LogP contribution in [0.3, 0.4) is 0 Å². The first kappa shape index (κ1) is 48.9. The number of benzene rings is 7. The van der Waals surface area contributed by atoms with Crippen molar-refractivity contribution in [2.24, 2.45) is 0 Å². The molecule has 3 nitrogen and oxygen atoms in total. The van der Waals surface area contributed by atoms with Crippen molar-refractivity contribution in [2.75, 3.05) is 9.80 Å². The van der Waals surface area contributed by atoms with Gasteiger partial charge >= 0.3 is 0 Å². The Balaban J connectivity index is 1.25. The Morgan fingerprint density at radius 2 is 0.730 bits per heavy atom. The molecule has 0 atom stereocenters. The molecule has 4 heteroatoms. The maximum Gasteiger partial charge on any atom is 0.252 e. The predicted molar refractivity (Wildman–Crippen MR) is 321 cm³/mol. The molecule has 0 unspecified atom stereocenters. The van der Waals surface area contributed by atoms with Gasteiger partial charge < -0.3 is 14.4 Å². The van der Waals surface area contributed by atoms with Crippen molar-refractivity contribution < 1.29 is 0 Å². The van der Waals surface area contributed by atoms with Crippen LogP contribution >= 0.6 is 0 Å². The highest BCUT2D eigenvalue weighted by molar-refractivity contribution is 7.00. The number of fused-ring (bicyclic) bond motifs is 7. The lowest BCUT2D eigenvalue weighted by atomic mass is 9.33. The highest BCUT2D eigenvalue weighted by atomic mass is 15.2. The topological polar surface area (TPSA) is 11.4 Å². The maximum atomic E-state index is 2.72. The summed E-state index contributed by atoms with van der Waals surface area (Å²) in [4.78, 5) is 5.44. The van der Waals surface area contributed by atoms with Crippen molar-refractivity contribution in [1.82, 2.24) is 4.57 Å². The highest BCUT2D eigenvalue weighted by Gasteiger charge is 2.45. The minimum absolute atomic E-state index is 0.0394. The molecule has 0 N–H and O–H groups in total. The molecule has 0 spiro atoms. The molecular weight excluding hydrogens is 894 g/mol. The lowest BCUT2D eigenvalue weighted by Gasteiger charge is -2.45. The minimum Gasteiger partial charge on any atom is -0.311 e. The molecule has 7 aromatic carbocycles. The summed E-state index contributed by atoms with van der Waals surface area (Å²) >= 11 is 0. The van der Waals surface area contributed by atoms with E-state index in [1.54, 1.807) is 0 Å². The van der Waals surface area contributed by atoms with E-state index in [0.717, 1.165) is 0 Å². The SMILES string of the molecule is CC(C)(C)c1cc(N2c3ccc(C4CCCCC4)cc3B3c4cc(C5CCCCC5)ccc4N(c4cc(C(C)(C)C)cc(C(C)(C)C)c4)c4cc(-n5c6ccccc6c6ccccc65)cc2c43)cc(C(C)(C)C)c1. The summed E-state index contributed by atoms with van der Waals surface area (Å²) in [7, 11) is 0. The average molecular weight is 974 g/mol. The van der Waals surface area contributed by atoms with Gasteiger partial charge in [-0.15, -0.1) is 0 Å². The van der Waals surface area contributed by atoms with Crippen LogP contribution in [0.1, 0.15) is 193 Å². The van der Waals surface area contributed by atoms with E-state index in [0.29, 0.717) is 11.8 Å². The van der Waals surface area contributed by atoms with Gasteiger partial charge in [0.1, 0.15) is 0 Å². The quantitative estimate of drug-likeness (QED) is 0.159. The summed E-state index contributed by atoms with van der Waals surface area (Å²) in [6.07, 6.45) is 13.1. The van der Waals surface area contributed by atoms with Gasteiger partial charge in [0, 0.05) is 44.9 Å². The second kappa shape index (κ2) is 17.8. The normalized spacial score (nSPS) is 16.7. The molecule has 2 aliphatic carbocycles. The largest absolute Gasteiger partial charge is 0.311 e. The summed E-state index contributed by atoms with van der Waals surface area (Å²) in [6, 6.07) is 54.0. The lowest BCUT2D eigenvalue weighted by Crippen LogP contribution is -2.61. The Bertz CT molecular complexity index is 3190. The van der Waals surface area contributed by atoms with Crippen LogP contribution in [0.25, 0.3) is 27.5 Å². The molecular formula is C70H80BN3. The van der Waals surface area contributed by atoms with Gasteiger partial charge in [0.2, 0.25) is 0 Å². The van der Waals surface area contributed by atoms with Gasteiger partial charge in [-0.1, -0.05) is 194 Å². The fourth-order valence-corrected chi connectivity index (χ4v) is 13.5. The number of nitrogens with zero attached hydrogens (tertiary/aromatic N) is 3. The van der Waals surface area contributed by atoms with Crippen molar-refractivity contribution in [2.45, 2.75) is 181 Å². The zero-order valence-corrected chi connectivity index (χ0v) is 46.8. The molecule has 4 aliphatic rings. The van der Waals surface area contributed by atoms with Crippen LogP contribution in [-0.4, -0.2) is 11.3 Å². The third kappa shape index (κ3) is 8.42. The second-order valence-corrected chi connectivity index (χ2v) is 27.2. The van der Waals surface area contributed by atoms with Gasteiger partial charge in [-0.2, -0.15) is 0 Å². The van der Waals surface area contributed by atoms with Crippen molar-refractivity contribution in [1.29, 1.82) is 0 Å². The molecule has 2 fully saturated rings. The van der Waals surface area contributed by atoms with Gasteiger partial charge in [0.05, 0.1) is 16.7 Å². The Morgan fingerprint density at radius 3 is 1.09 bits per heavy atom. The van der Waals surface area contributed by atoms with E-state index >= 15 is 0 Å². The number of rotatable bonds is 5. The standard InChI is InChI=1S/C70H80BN3/c1-67(2,3)49-37-50(68(4,5)6)40-53(39-49)73-62-33-31-47(45-23-15-13-16-24-45)35-58(62)71-59-36-48(46-25-17-14-18-26-46)32-34-63(59)74(54-41-51(69(7,8)9)38-52(42-54)70(10,11)12)65-44-55(43-64(73)66(65)71)72-60-29-21-19-27-56(60)57-28-20-22-30-61(57)72/h19-22,27-46H,13-18,23-26H2,1-12H3. The summed E-state index contributed by atoms with van der Waals surface area (Å²) in [5.41, 5.74) is 23.9. The first-order chi connectivity index (χ1) is 35.2. The summed E-state index contributed by atoms with van der Waals surface area (Å²) in [5.74, 6) is 1.17. The van der Waals surface area contributed by atoms with Crippen LogP contribution in [0.15, 0.2) is 133 Å². The summed E-state index contributed by atoms with van der Waals surface area (Å²) < 4.78 is 2.56. The van der Waals surface area contributed by atoms with E-state index in [-0.39, 0.29) is 28.4 Å². The fraction of sp³-hybridized carbons (Fsp3) is 0.400. The first-order valence-electron chi connectivity index (χ1n) is 28.6. The van der Waals surface area contributed by atoms with E-state index in [1.165, 1.54) is 176 Å². The van der Waals surface area contributed by atoms with Gasteiger partial charge in [-0.3, -0.25) is 0 Å². The van der Waals surface area contributed by atoms with E-state index in [2.05, 4.69) is 231 Å². The molecule has 2 aliphatic heterocycles. The molecule has 2 saturated carbocycles. The van der Waals surface area contributed by atoms with Crippen LogP contribution in [0.4, 0.5) is 34.1 Å². The Labute approximate surface area is 444 Å². The number of hydrogen-bond acceptors (Lipinski definition) is 2. The molecule has 378 valence electrons. The smallest absolute Gasteiger partial charge is 0.252 e. The zero-order valence-electron chi connectivity index (χ0n) is 46.8. The van der Waals surface area contributed by atoms with E-state index in [4.69, 9.17) is 0 Å². The fourth-order valence-electron chi connectivity index (χ4n) is 13.5. The van der Waals surface area contributed by atoms with Crippen molar-refractivity contribution in [3.8, 4) is 5.69 Å². The average Bonchev–Trinajstić information content (AvgIpc) is 3.72. The summed E-state index contributed by atoms with van der Waals surface area (Å²) in [5, 5.41) is 2.56. The van der Waals surface area contributed by atoms with Gasteiger partial charge in [0.25, 0.3) is 6.71 Å².